The Balaban J connectivity index is 3.64. The molecule has 76 valence electrons. The number of amides is 2. The quantitative estimate of drug-likeness (QED) is 0.587. The van der Waals surface area contributed by atoms with Crippen LogP contribution in [0.3, 0.4) is 0 Å². The highest BCUT2D eigenvalue weighted by atomic mass is 32.1. The molecule has 0 aromatic rings. The molecule has 13 heavy (non-hydrogen) atoms. The van der Waals surface area contributed by atoms with Crippen LogP contribution < -0.4 is 16.4 Å². The molecule has 4 N–H and O–H groups in total. The smallest absolute Gasteiger partial charge is 0.315 e. The highest BCUT2D eigenvalue weighted by molar-refractivity contribution is 7.80. The maximum absolute atomic E-state index is 11.1. The van der Waals surface area contributed by atoms with E-state index in [0.29, 0.717) is 11.5 Å². The van der Waals surface area contributed by atoms with Gasteiger partial charge in [-0.1, -0.05) is 19.1 Å². The third-order valence-corrected chi connectivity index (χ3v) is 1.88. The second-order valence-corrected chi connectivity index (χ2v) is 3.78. The molecule has 0 radical (unpaired) electrons. The van der Waals surface area contributed by atoms with E-state index in [1.54, 1.807) is 0 Å². The second-order valence-electron chi connectivity index (χ2n) is 3.31. The lowest BCUT2D eigenvalue weighted by atomic mass is 10.2. The van der Waals surface area contributed by atoms with Gasteiger partial charge in [0, 0.05) is 18.5 Å². The van der Waals surface area contributed by atoms with Gasteiger partial charge in [-0.05, 0) is 13.8 Å². The molecular weight excluding hydrogens is 186 g/mol. The van der Waals surface area contributed by atoms with Crippen molar-refractivity contribution in [3.8, 4) is 0 Å². The Bertz CT molecular complexity index is 194. The number of urea groups is 1. The molecule has 1 unspecified atom stereocenters. The molecule has 2 amide bonds. The van der Waals surface area contributed by atoms with E-state index in [2.05, 4.69) is 10.6 Å². The van der Waals surface area contributed by atoms with E-state index in [1.165, 1.54) is 0 Å². The molecule has 0 aliphatic heterocycles. The Kier molecular flexibility index (Phi) is 5.37. The molecule has 5 heteroatoms. The average molecular weight is 203 g/mol. The Morgan fingerprint density at radius 3 is 2.38 bits per heavy atom. The first-order chi connectivity index (χ1) is 5.93. The monoisotopic (exact) mass is 203 g/mol. The molecule has 0 saturated carbocycles. The zero-order valence-corrected chi connectivity index (χ0v) is 9.07. The van der Waals surface area contributed by atoms with Gasteiger partial charge in [0.2, 0.25) is 0 Å². The fourth-order valence-electron chi connectivity index (χ4n) is 0.660. The van der Waals surface area contributed by atoms with Crippen LogP contribution in [0, 0.1) is 5.92 Å². The van der Waals surface area contributed by atoms with E-state index in [0.717, 1.165) is 0 Å². The van der Waals surface area contributed by atoms with Crippen LogP contribution in [-0.2, 0) is 0 Å². The van der Waals surface area contributed by atoms with Crippen molar-refractivity contribution in [3.63, 3.8) is 0 Å². The highest BCUT2D eigenvalue weighted by Crippen LogP contribution is 1.91. The number of carbonyl (C=O) groups excluding carboxylic acids is 1. The molecule has 0 saturated heterocycles. The van der Waals surface area contributed by atoms with Crippen molar-refractivity contribution in [1.29, 1.82) is 0 Å². The topological polar surface area (TPSA) is 67.2 Å². The number of nitrogens with one attached hydrogen (secondary N) is 2. The largest absolute Gasteiger partial charge is 0.393 e. The van der Waals surface area contributed by atoms with Crippen LogP contribution in [0.4, 0.5) is 4.79 Å². The molecule has 0 bridgehead atoms. The molecular formula is C8H17N3OS. The summed E-state index contributed by atoms with van der Waals surface area (Å²) in [6.45, 7) is 6.15. The van der Waals surface area contributed by atoms with E-state index >= 15 is 0 Å². The van der Waals surface area contributed by atoms with Crippen molar-refractivity contribution in [2.45, 2.75) is 26.8 Å². The van der Waals surface area contributed by atoms with Crippen molar-refractivity contribution >= 4 is 23.2 Å². The third kappa shape index (κ3) is 6.33. The lowest BCUT2D eigenvalue weighted by Gasteiger charge is -2.13. The predicted octanol–water partition coefficient (Wildman–Crippen LogP) is 0.616. The van der Waals surface area contributed by atoms with Gasteiger partial charge in [-0.2, -0.15) is 0 Å². The standard InChI is InChI=1S/C8H17N3OS/c1-5(2)11-8(12)10-4-6(3)7(9)13/h5-6H,4H2,1-3H3,(H2,9,13)(H2,10,11,12). The van der Waals surface area contributed by atoms with E-state index in [9.17, 15) is 4.79 Å². The van der Waals surface area contributed by atoms with Crippen molar-refractivity contribution < 1.29 is 4.79 Å². The second kappa shape index (κ2) is 5.75. The molecule has 0 heterocycles. The Morgan fingerprint density at radius 1 is 1.46 bits per heavy atom. The molecule has 0 aliphatic carbocycles. The summed E-state index contributed by atoms with van der Waals surface area (Å²) in [4.78, 5) is 11.5. The molecule has 4 nitrogen and oxygen atoms in total. The lowest BCUT2D eigenvalue weighted by Crippen LogP contribution is -2.42. The Labute approximate surface area is 84.3 Å². The highest BCUT2D eigenvalue weighted by Gasteiger charge is 2.07. The summed E-state index contributed by atoms with van der Waals surface area (Å²) >= 11 is 4.76. The van der Waals surface area contributed by atoms with Crippen LogP contribution in [0.15, 0.2) is 0 Å². The Hall–Kier alpha value is -0.840. The maximum Gasteiger partial charge on any atom is 0.315 e. The van der Waals surface area contributed by atoms with E-state index in [4.69, 9.17) is 18.0 Å². The number of hydrogen-bond donors (Lipinski definition) is 3. The molecule has 0 aliphatic rings. The van der Waals surface area contributed by atoms with Gasteiger partial charge in [0.1, 0.15) is 0 Å². The van der Waals surface area contributed by atoms with Crippen LogP contribution in [0.25, 0.3) is 0 Å². The van der Waals surface area contributed by atoms with Gasteiger partial charge in [0.15, 0.2) is 0 Å². The fourth-order valence-corrected chi connectivity index (χ4v) is 0.743. The van der Waals surface area contributed by atoms with E-state index in [-0.39, 0.29) is 18.0 Å². The average Bonchev–Trinajstić information content (AvgIpc) is 1.98. The first-order valence-electron chi connectivity index (χ1n) is 4.27. The minimum Gasteiger partial charge on any atom is -0.393 e. The third-order valence-electron chi connectivity index (χ3n) is 1.47. The van der Waals surface area contributed by atoms with Gasteiger partial charge in [-0.25, -0.2) is 4.79 Å². The summed E-state index contributed by atoms with van der Waals surface area (Å²) in [5.41, 5.74) is 5.38. The van der Waals surface area contributed by atoms with Crippen LogP contribution in [0.5, 0.6) is 0 Å². The number of nitrogens with two attached hydrogens (primary N) is 1. The lowest BCUT2D eigenvalue weighted by molar-refractivity contribution is 0.238. The van der Waals surface area contributed by atoms with Crippen LogP contribution in [0.1, 0.15) is 20.8 Å². The van der Waals surface area contributed by atoms with Gasteiger partial charge in [0.25, 0.3) is 0 Å². The van der Waals surface area contributed by atoms with Crippen molar-refractivity contribution in [2.75, 3.05) is 6.54 Å². The minimum atomic E-state index is -0.182. The normalized spacial score (nSPS) is 12.3. The summed E-state index contributed by atoms with van der Waals surface area (Å²) < 4.78 is 0. The predicted molar refractivity (Wildman–Crippen MR) is 57.6 cm³/mol. The molecule has 0 fully saturated rings. The number of hydrogen-bond acceptors (Lipinski definition) is 2. The van der Waals surface area contributed by atoms with Gasteiger partial charge < -0.3 is 16.4 Å². The number of rotatable bonds is 4. The van der Waals surface area contributed by atoms with E-state index < -0.39 is 0 Å². The van der Waals surface area contributed by atoms with Gasteiger partial charge >= 0.3 is 6.03 Å². The summed E-state index contributed by atoms with van der Waals surface area (Å²) in [7, 11) is 0. The van der Waals surface area contributed by atoms with Crippen LogP contribution in [0.2, 0.25) is 0 Å². The summed E-state index contributed by atoms with van der Waals surface area (Å²) in [6, 6.07) is -0.0433. The maximum atomic E-state index is 11.1. The SMILES string of the molecule is CC(C)NC(=O)NCC(C)C(N)=S. The van der Waals surface area contributed by atoms with Crippen LogP contribution in [-0.4, -0.2) is 23.6 Å². The molecule has 1 atom stereocenters. The number of thiocarbonyl (C=S) groups is 1. The summed E-state index contributed by atoms with van der Waals surface area (Å²) in [5.74, 6) is 0.0351. The first kappa shape index (κ1) is 12.2. The Morgan fingerprint density at radius 2 is 2.00 bits per heavy atom. The fraction of sp³-hybridized carbons (Fsp3) is 0.750. The van der Waals surface area contributed by atoms with Crippen molar-refractivity contribution in [3.05, 3.63) is 0 Å². The van der Waals surface area contributed by atoms with Gasteiger partial charge in [-0.15, -0.1) is 0 Å². The molecule has 0 rings (SSSR count). The zero-order valence-electron chi connectivity index (χ0n) is 8.26. The molecule has 0 aromatic heterocycles. The number of carbonyl (C=O) groups is 1. The summed E-state index contributed by atoms with van der Waals surface area (Å²) in [6.07, 6.45) is 0. The van der Waals surface area contributed by atoms with Gasteiger partial charge in [-0.3, -0.25) is 0 Å². The zero-order chi connectivity index (χ0) is 10.4. The van der Waals surface area contributed by atoms with Crippen molar-refractivity contribution in [2.24, 2.45) is 11.7 Å². The molecule has 0 spiro atoms. The summed E-state index contributed by atoms with van der Waals surface area (Å²) in [5, 5.41) is 5.38. The van der Waals surface area contributed by atoms with Gasteiger partial charge in [0.05, 0.1) is 4.99 Å². The first-order valence-corrected chi connectivity index (χ1v) is 4.68. The van der Waals surface area contributed by atoms with Crippen molar-refractivity contribution in [1.82, 2.24) is 10.6 Å². The van der Waals surface area contributed by atoms with E-state index in [1.807, 2.05) is 20.8 Å². The van der Waals surface area contributed by atoms with Crippen LogP contribution >= 0.6 is 12.2 Å². The minimum absolute atomic E-state index is 0.0351. The molecule has 0 aromatic carbocycles.